The number of piperidine rings is 1. The Labute approximate surface area is 258 Å². The summed E-state index contributed by atoms with van der Waals surface area (Å²) < 4.78 is 20.1. The Bertz CT molecular complexity index is 1500. The molecule has 5 atom stereocenters. The fourth-order valence-electron chi connectivity index (χ4n) is 8.36. The first-order valence-electron chi connectivity index (χ1n) is 14.8. The normalized spacial score (nSPS) is 30.9. The number of hydrogen-bond donors (Lipinski definition) is 0. The average Bonchev–Trinajstić information content (AvgIpc) is 3.54. The average molecular weight is 656 g/mol. The molecule has 3 aliphatic carbocycles. The molecular weight excluding hydrogens is 620 g/mol. The van der Waals surface area contributed by atoms with E-state index in [0.29, 0.717) is 30.3 Å². The molecule has 1 aromatic heterocycles. The van der Waals surface area contributed by atoms with Gasteiger partial charge in [-0.25, -0.2) is 0 Å². The van der Waals surface area contributed by atoms with E-state index in [1.807, 2.05) is 30.6 Å². The topological polar surface area (TPSA) is 85.4 Å². The second kappa shape index (κ2) is 10.2. The number of carbonyl (C=O) groups is 3. The van der Waals surface area contributed by atoms with E-state index >= 15 is 0 Å². The van der Waals surface area contributed by atoms with Gasteiger partial charge < -0.3 is 19.1 Å². The molecule has 3 fully saturated rings. The van der Waals surface area contributed by atoms with E-state index in [0.717, 1.165) is 46.4 Å². The molecule has 0 radical (unpaired) electrons. The van der Waals surface area contributed by atoms with Crippen LogP contribution >= 0.6 is 27.3 Å². The molecule has 10 heteroatoms. The van der Waals surface area contributed by atoms with Crippen molar-refractivity contribution < 1.29 is 28.6 Å². The van der Waals surface area contributed by atoms with E-state index in [1.165, 1.54) is 26.7 Å². The molecule has 42 heavy (non-hydrogen) atoms. The molecule has 2 aliphatic heterocycles. The lowest BCUT2D eigenvalue weighted by molar-refractivity contribution is -0.223. The number of benzene rings is 1. The van der Waals surface area contributed by atoms with Gasteiger partial charge in [0.25, 0.3) is 0 Å². The van der Waals surface area contributed by atoms with Crippen molar-refractivity contribution in [3.05, 3.63) is 50.1 Å². The van der Waals surface area contributed by atoms with Crippen LogP contribution in [0.15, 0.2) is 34.1 Å². The predicted octanol–water partition coefficient (Wildman–Crippen LogP) is 5.11. The molecule has 1 amide bonds. The highest BCUT2D eigenvalue weighted by Crippen LogP contribution is 2.67. The van der Waals surface area contributed by atoms with Crippen LogP contribution in [0.4, 0.5) is 0 Å². The molecule has 1 aromatic carbocycles. The minimum atomic E-state index is -0.802. The van der Waals surface area contributed by atoms with Crippen molar-refractivity contribution in [2.45, 2.75) is 81.6 Å². The molecule has 0 N–H and O–H groups in total. The molecule has 2 saturated carbocycles. The van der Waals surface area contributed by atoms with Gasteiger partial charge in [0.2, 0.25) is 5.91 Å². The summed E-state index contributed by atoms with van der Waals surface area (Å²) in [4.78, 5) is 43.9. The summed E-state index contributed by atoms with van der Waals surface area (Å²) in [6, 6.07) is 5.61. The van der Waals surface area contributed by atoms with Gasteiger partial charge in [0, 0.05) is 53.8 Å². The van der Waals surface area contributed by atoms with Gasteiger partial charge in [-0.1, -0.05) is 6.07 Å². The lowest BCUT2D eigenvalue weighted by Crippen LogP contribution is -2.79. The largest absolute Gasteiger partial charge is 0.483 e. The Morgan fingerprint density at radius 2 is 2.00 bits per heavy atom. The van der Waals surface area contributed by atoms with E-state index in [-0.39, 0.29) is 24.0 Å². The summed E-state index contributed by atoms with van der Waals surface area (Å²) in [6.07, 6.45) is 8.21. The number of nitrogens with zero attached hydrogens (tertiary/aromatic N) is 2. The summed E-state index contributed by atoms with van der Waals surface area (Å²) >= 11 is 5.04. The Kier molecular flexibility index (Phi) is 6.82. The van der Waals surface area contributed by atoms with Gasteiger partial charge in [0.05, 0.1) is 17.5 Å². The van der Waals surface area contributed by atoms with Crippen molar-refractivity contribution >= 4 is 51.2 Å². The third kappa shape index (κ3) is 4.27. The second-order valence-electron chi connectivity index (χ2n) is 12.5. The highest BCUT2D eigenvalue weighted by atomic mass is 79.9. The standard InChI is InChI=1S/C32H35BrN2O6S/c1-18(36)39-25-8-6-21-14-26-32(41-19(2)37)11-10-24(34(3)27(38)9-7-23-15-22(33)17-42-23)30-31(32,28(21)29(25)40-30)12-13-35(26)16-20-4-5-20/h6-9,15,17,20,24,26,30H,4-5,10-14,16H2,1-3H3/b9-7+/t24?,26-,30?,31+,32-/m1/s1. The van der Waals surface area contributed by atoms with Crippen LogP contribution in [0.3, 0.4) is 0 Å². The van der Waals surface area contributed by atoms with Crippen molar-refractivity contribution in [2.24, 2.45) is 5.92 Å². The number of halogens is 1. The fraction of sp³-hybridized carbons (Fsp3) is 0.531. The summed E-state index contributed by atoms with van der Waals surface area (Å²) in [5.41, 5.74) is 0.680. The lowest BCUT2D eigenvalue weighted by atomic mass is 9.48. The molecule has 1 spiro atoms. The van der Waals surface area contributed by atoms with E-state index in [2.05, 4.69) is 26.9 Å². The van der Waals surface area contributed by atoms with Crippen LogP contribution in [0.2, 0.25) is 0 Å². The van der Waals surface area contributed by atoms with Crippen molar-refractivity contribution in [3.63, 3.8) is 0 Å². The van der Waals surface area contributed by atoms with Gasteiger partial charge in [-0.15, -0.1) is 11.3 Å². The number of thiophene rings is 1. The number of carbonyl (C=O) groups excluding carboxylic acids is 3. The van der Waals surface area contributed by atoms with Gasteiger partial charge in [0.15, 0.2) is 11.5 Å². The van der Waals surface area contributed by atoms with Gasteiger partial charge in [0.1, 0.15) is 11.7 Å². The van der Waals surface area contributed by atoms with Gasteiger partial charge in [-0.2, -0.15) is 0 Å². The Morgan fingerprint density at radius 3 is 2.69 bits per heavy atom. The Hall–Kier alpha value is -2.69. The Morgan fingerprint density at radius 1 is 1.19 bits per heavy atom. The number of amides is 1. The molecule has 7 rings (SSSR count). The number of ether oxygens (including phenoxy) is 3. The first-order chi connectivity index (χ1) is 20.1. The third-order valence-corrected chi connectivity index (χ3v) is 11.7. The Balaban J connectivity index is 1.33. The molecule has 2 bridgehead atoms. The number of likely N-dealkylation sites (N-methyl/N-ethyl adjacent to an activating group) is 1. The van der Waals surface area contributed by atoms with E-state index in [9.17, 15) is 14.4 Å². The quantitative estimate of drug-likeness (QED) is 0.233. The zero-order valence-corrected chi connectivity index (χ0v) is 26.5. The minimum Gasteiger partial charge on any atom is -0.483 e. The van der Waals surface area contributed by atoms with Gasteiger partial charge in [-0.3, -0.25) is 19.3 Å². The number of rotatable bonds is 7. The summed E-state index contributed by atoms with van der Waals surface area (Å²) in [5.74, 6) is 0.812. The van der Waals surface area contributed by atoms with Crippen LogP contribution < -0.4 is 9.47 Å². The van der Waals surface area contributed by atoms with Crippen LogP contribution in [-0.2, 0) is 31.0 Å². The first kappa shape index (κ1) is 28.1. The zero-order chi connectivity index (χ0) is 29.4. The maximum absolute atomic E-state index is 13.6. The molecule has 3 heterocycles. The predicted molar refractivity (Wildman–Crippen MR) is 162 cm³/mol. The fourth-order valence-corrected chi connectivity index (χ4v) is 9.70. The van der Waals surface area contributed by atoms with E-state index in [1.54, 1.807) is 22.3 Å². The minimum absolute atomic E-state index is 0.0130. The zero-order valence-electron chi connectivity index (χ0n) is 24.1. The van der Waals surface area contributed by atoms with Crippen LogP contribution in [0.1, 0.15) is 62.0 Å². The van der Waals surface area contributed by atoms with E-state index < -0.39 is 23.1 Å². The lowest BCUT2D eigenvalue weighted by Gasteiger charge is -2.65. The number of esters is 2. The maximum Gasteiger partial charge on any atom is 0.308 e. The second-order valence-corrected chi connectivity index (χ2v) is 14.3. The maximum atomic E-state index is 13.6. The van der Waals surface area contributed by atoms with Crippen molar-refractivity contribution in [2.75, 3.05) is 20.1 Å². The molecular formula is C32H35BrN2O6S. The summed E-state index contributed by atoms with van der Waals surface area (Å²) in [7, 11) is 1.83. The van der Waals surface area contributed by atoms with E-state index in [4.69, 9.17) is 14.2 Å². The molecule has 222 valence electrons. The smallest absolute Gasteiger partial charge is 0.308 e. The SMILES string of the molecule is CC(=O)Oc1ccc2c3c1OC1C(N(C)C(=O)/C=C/c4cc(Br)cs4)CC[C@@]4(OC(C)=O)[C@@H](C2)N(CC2CC2)CC[C@]314. The van der Waals surface area contributed by atoms with Crippen molar-refractivity contribution in [3.8, 4) is 11.5 Å². The van der Waals surface area contributed by atoms with Crippen LogP contribution in [0.5, 0.6) is 11.5 Å². The molecule has 8 nitrogen and oxygen atoms in total. The van der Waals surface area contributed by atoms with Crippen LogP contribution in [-0.4, -0.2) is 71.6 Å². The highest BCUT2D eigenvalue weighted by molar-refractivity contribution is 9.10. The molecule has 1 saturated heterocycles. The van der Waals surface area contributed by atoms with Crippen molar-refractivity contribution in [1.29, 1.82) is 0 Å². The van der Waals surface area contributed by atoms with Crippen LogP contribution in [0.25, 0.3) is 6.08 Å². The monoisotopic (exact) mass is 654 g/mol. The first-order valence-corrected chi connectivity index (χ1v) is 16.4. The van der Waals surface area contributed by atoms with Gasteiger partial charge in [-0.05, 0) is 90.7 Å². The summed E-state index contributed by atoms with van der Waals surface area (Å²) in [5, 5.41) is 1.99. The third-order valence-electron chi connectivity index (χ3n) is 10.1. The number of likely N-dealkylation sites (tertiary alicyclic amines) is 1. The van der Waals surface area contributed by atoms with Gasteiger partial charge >= 0.3 is 11.9 Å². The summed E-state index contributed by atoms with van der Waals surface area (Å²) in [6.45, 7) is 4.75. The highest BCUT2D eigenvalue weighted by Gasteiger charge is 2.75. The van der Waals surface area contributed by atoms with Crippen molar-refractivity contribution in [1.82, 2.24) is 9.80 Å². The number of hydrogen-bond acceptors (Lipinski definition) is 8. The molecule has 5 aliphatic rings. The van der Waals surface area contributed by atoms with Crippen LogP contribution in [0, 0.1) is 5.92 Å². The molecule has 2 unspecified atom stereocenters. The molecule has 2 aromatic rings.